The van der Waals surface area contributed by atoms with E-state index < -0.39 is 0 Å². The molecule has 1 atom stereocenters. The van der Waals surface area contributed by atoms with Gasteiger partial charge in [-0.3, -0.25) is 4.79 Å². The van der Waals surface area contributed by atoms with Gasteiger partial charge in [0.1, 0.15) is 0 Å². The first-order valence-electron chi connectivity index (χ1n) is 6.73. The molecule has 0 aromatic rings. The van der Waals surface area contributed by atoms with Crippen molar-refractivity contribution in [3.63, 3.8) is 0 Å². The summed E-state index contributed by atoms with van der Waals surface area (Å²) in [5, 5.41) is 6.29. The Kier molecular flexibility index (Phi) is 4.05. The van der Waals surface area contributed by atoms with Gasteiger partial charge in [0.25, 0.3) is 0 Å². The summed E-state index contributed by atoms with van der Waals surface area (Å²) in [4.78, 5) is 11.4. The largest absolute Gasteiger partial charge is 0.371 e. The minimum atomic E-state index is 0.0374. The van der Waals surface area contributed by atoms with Crippen LogP contribution in [0.1, 0.15) is 46.0 Å². The van der Waals surface area contributed by atoms with Gasteiger partial charge >= 0.3 is 0 Å². The topological polar surface area (TPSA) is 50.4 Å². The van der Waals surface area contributed by atoms with E-state index in [9.17, 15) is 4.79 Å². The standard InChI is InChI=1S/C13H24N2O2/c1-13(2)7-5-11(17-13)9-14-8-6-12(16)15-10-3-4-10/h10-11,14H,3-9H2,1-2H3,(H,15,16). The van der Waals surface area contributed by atoms with Gasteiger partial charge in [0.15, 0.2) is 0 Å². The third-order valence-electron chi connectivity index (χ3n) is 3.40. The lowest BCUT2D eigenvalue weighted by Gasteiger charge is -2.19. The summed E-state index contributed by atoms with van der Waals surface area (Å²) in [5.41, 5.74) is 0.0374. The Morgan fingerprint density at radius 3 is 2.71 bits per heavy atom. The van der Waals surface area contributed by atoms with Crippen molar-refractivity contribution in [2.45, 2.75) is 63.7 Å². The molecule has 0 aromatic heterocycles. The molecule has 98 valence electrons. The van der Waals surface area contributed by atoms with E-state index in [4.69, 9.17) is 4.74 Å². The van der Waals surface area contributed by atoms with Gasteiger partial charge < -0.3 is 15.4 Å². The number of hydrogen-bond donors (Lipinski definition) is 2. The van der Waals surface area contributed by atoms with Crippen LogP contribution < -0.4 is 10.6 Å². The number of ether oxygens (including phenoxy) is 1. The van der Waals surface area contributed by atoms with Crippen molar-refractivity contribution in [2.24, 2.45) is 0 Å². The highest BCUT2D eigenvalue weighted by Crippen LogP contribution is 2.28. The van der Waals surface area contributed by atoms with Crippen molar-refractivity contribution in [3.8, 4) is 0 Å². The van der Waals surface area contributed by atoms with Crippen LogP contribution in [0.15, 0.2) is 0 Å². The number of rotatable bonds is 6. The molecular formula is C13H24N2O2. The van der Waals surface area contributed by atoms with Gasteiger partial charge in [0.05, 0.1) is 11.7 Å². The zero-order valence-electron chi connectivity index (χ0n) is 10.9. The van der Waals surface area contributed by atoms with Crippen molar-refractivity contribution in [1.82, 2.24) is 10.6 Å². The first kappa shape index (κ1) is 12.8. The average Bonchev–Trinajstić information content (AvgIpc) is 2.98. The Labute approximate surface area is 103 Å². The smallest absolute Gasteiger partial charge is 0.221 e. The highest BCUT2D eigenvalue weighted by Gasteiger charge is 2.31. The summed E-state index contributed by atoms with van der Waals surface area (Å²) in [6, 6.07) is 0.474. The highest BCUT2D eigenvalue weighted by molar-refractivity contribution is 5.76. The Bertz CT molecular complexity index is 275. The number of carbonyl (C=O) groups is 1. The van der Waals surface area contributed by atoms with Crippen LogP contribution in [0.4, 0.5) is 0 Å². The lowest BCUT2D eigenvalue weighted by molar-refractivity contribution is -0.121. The van der Waals surface area contributed by atoms with E-state index in [0.29, 0.717) is 18.6 Å². The summed E-state index contributed by atoms with van der Waals surface area (Å²) in [7, 11) is 0. The number of nitrogens with one attached hydrogen (secondary N) is 2. The Morgan fingerprint density at radius 1 is 1.35 bits per heavy atom. The monoisotopic (exact) mass is 240 g/mol. The summed E-state index contributed by atoms with van der Waals surface area (Å²) in [6.07, 6.45) is 5.45. The Morgan fingerprint density at radius 2 is 2.12 bits per heavy atom. The first-order chi connectivity index (χ1) is 8.05. The lowest BCUT2D eigenvalue weighted by Crippen LogP contribution is -2.33. The third kappa shape index (κ3) is 4.64. The predicted molar refractivity (Wildman–Crippen MR) is 66.8 cm³/mol. The molecule has 0 aromatic carbocycles. The van der Waals surface area contributed by atoms with E-state index in [0.717, 1.165) is 38.8 Å². The normalized spacial score (nSPS) is 27.1. The molecule has 2 rings (SSSR count). The SMILES string of the molecule is CC1(C)CCC(CNCCC(=O)NC2CC2)O1. The second-order valence-electron chi connectivity index (χ2n) is 5.83. The molecule has 2 fully saturated rings. The molecule has 17 heavy (non-hydrogen) atoms. The summed E-state index contributed by atoms with van der Waals surface area (Å²) in [6.45, 7) is 5.88. The van der Waals surface area contributed by atoms with Gasteiger partial charge in [0, 0.05) is 25.6 Å². The first-order valence-corrected chi connectivity index (χ1v) is 6.73. The summed E-state index contributed by atoms with van der Waals surface area (Å²) < 4.78 is 5.87. The fraction of sp³-hybridized carbons (Fsp3) is 0.923. The molecule has 1 amide bonds. The zero-order valence-corrected chi connectivity index (χ0v) is 10.9. The van der Waals surface area contributed by atoms with E-state index in [1.54, 1.807) is 0 Å². The van der Waals surface area contributed by atoms with Gasteiger partial charge in [-0.15, -0.1) is 0 Å². The maximum atomic E-state index is 11.4. The fourth-order valence-electron chi connectivity index (χ4n) is 2.21. The van der Waals surface area contributed by atoms with Crippen LogP contribution >= 0.6 is 0 Å². The van der Waals surface area contributed by atoms with Gasteiger partial charge in [0.2, 0.25) is 5.91 Å². The average molecular weight is 240 g/mol. The van der Waals surface area contributed by atoms with Gasteiger partial charge in [-0.2, -0.15) is 0 Å². The van der Waals surface area contributed by atoms with Crippen LogP contribution in [-0.2, 0) is 9.53 Å². The van der Waals surface area contributed by atoms with Gasteiger partial charge in [-0.25, -0.2) is 0 Å². The Balaban J connectivity index is 1.50. The van der Waals surface area contributed by atoms with Gasteiger partial charge in [-0.1, -0.05) is 0 Å². The molecule has 0 bridgehead atoms. The van der Waals surface area contributed by atoms with Crippen LogP contribution in [-0.4, -0.2) is 36.7 Å². The molecule has 1 heterocycles. The van der Waals surface area contributed by atoms with Crippen molar-refractivity contribution < 1.29 is 9.53 Å². The molecule has 0 radical (unpaired) electrons. The third-order valence-corrected chi connectivity index (χ3v) is 3.40. The molecule has 0 spiro atoms. The van der Waals surface area contributed by atoms with Crippen molar-refractivity contribution >= 4 is 5.91 Å². The molecule has 1 saturated carbocycles. The van der Waals surface area contributed by atoms with Crippen LogP contribution in [0.25, 0.3) is 0 Å². The van der Waals surface area contributed by atoms with E-state index >= 15 is 0 Å². The quantitative estimate of drug-likeness (QED) is 0.686. The van der Waals surface area contributed by atoms with Crippen molar-refractivity contribution in [3.05, 3.63) is 0 Å². The van der Waals surface area contributed by atoms with Crippen LogP contribution in [0.2, 0.25) is 0 Å². The van der Waals surface area contributed by atoms with Crippen LogP contribution in [0.5, 0.6) is 0 Å². The molecular weight excluding hydrogens is 216 g/mol. The maximum absolute atomic E-state index is 11.4. The number of hydrogen-bond acceptors (Lipinski definition) is 3. The van der Waals surface area contributed by atoms with Crippen LogP contribution in [0.3, 0.4) is 0 Å². The maximum Gasteiger partial charge on any atom is 0.221 e. The van der Waals surface area contributed by atoms with E-state index in [-0.39, 0.29) is 11.5 Å². The minimum Gasteiger partial charge on any atom is -0.371 e. The second-order valence-corrected chi connectivity index (χ2v) is 5.83. The Hall–Kier alpha value is -0.610. The van der Waals surface area contributed by atoms with E-state index in [1.165, 1.54) is 0 Å². The fourth-order valence-corrected chi connectivity index (χ4v) is 2.21. The summed E-state index contributed by atoms with van der Waals surface area (Å²) >= 11 is 0. The minimum absolute atomic E-state index is 0.0374. The van der Waals surface area contributed by atoms with E-state index in [1.807, 2.05) is 0 Å². The molecule has 1 aliphatic heterocycles. The highest BCUT2D eigenvalue weighted by atomic mass is 16.5. The van der Waals surface area contributed by atoms with E-state index in [2.05, 4.69) is 24.5 Å². The molecule has 2 aliphatic rings. The molecule has 4 nitrogen and oxygen atoms in total. The number of amides is 1. The number of carbonyl (C=O) groups excluding carboxylic acids is 1. The van der Waals surface area contributed by atoms with Gasteiger partial charge in [-0.05, 0) is 39.5 Å². The molecule has 2 N–H and O–H groups in total. The molecule has 1 unspecified atom stereocenters. The molecule has 4 heteroatoms. The molecule has 1 aliphatic carbocycles. The van der Waals surface area contributed by atoms with Crippen molar-refractivity contribution in [2.75, 3.05) is 13.1 Å². The predicted octanol–water partition coefficient (Wildman–Crippen LogP) is 1.20. The zero-order chi connectivity index (χ0) is 12.3. The summed E-state index contributed by atoms with van der Waals surface area (Å²) in [5.74, 6) is 0.174. The second kappa shape index (κ2) is 5.36. The molecule has 1 saturated heterocycles. The van der Waals surface area contributed by atoms with Crippen LogP contribution in [0, 0.1) is 0 Å². The van der Waals surface area contributed by atoms with Crippen molar-refractivity contribution in [1.29, 1.82) is 0 Å². The lowest BCUT2D eigenvalue weighted by atomic mass is 10.1.